The maximum absolute atomic E-state index is 12.9. The van der Waals surface area contributed by atoms with Crippen LogP contribution in [0.25, 0.3) is 0 Å². The fraction of sp³-hybridized carbons (Fsp3) is 0.583. The number of Topliss-reactive ketones (excluding diaryl/α,β-unsaturated/α-hetero) is 1. The number of thioether (sulfide) groups is 1. The number of oxime groups is 1. The van der Waals surface area contributed by atoms with E-state index in [0.29, 0.717) is 47.2 Å². The second kappa shape index (κ2) is 13.6. The molecule has 1 aromatic carbocycles. The molecule has 0 aromatic heterocycles. The van der Waals surface area contributed by atoms with Crippen LogP contribution in [0.2, 0.25) is 5.02 Å². The molecule has 1 saturated heterocycles. The van der Waals surface area contributed by atoms with Crippen molar-refractivity contribution in [3.63, 3.8) is 0 Å². The van der Waals surface area contributed by atoms with E-state index in [1.807, 2.05) is 25.6 Å². The second-order valence-electron chi connectivity index (χ2n) is 8.36. The van der Waals surface area contributed by atoms with Crippen molar-refractivity contribution in [2.45, 2.75) is 58.5 Å². The Bertz CT molecular complexity index is 815. The number of aliphatic hydroxyl groups excluding tert-OH is 1. The molecule has 1 fully saturated rings. The van der Waals surface area contributed by atoms with Crippen LogP contribution in [0.4, 0.5) is 0 Å². The average molecular weight is 474 g/mol. The van der Waals surface area contributed by atoms with Gasteiger partial charge in [0.1, 0.15) is 17.6 Å². The number of carbonyl (C=O) groups is 1. The number of hydrogen-bond donors (Lipinski definition) is 1. The van der Waals surface area contributed by atoms with E-state index in [0.717, 1.165) is 18.6 Å². The number of allylic oxidation sites excluding steroid dienone is 2. The van der Waals surface area contributed by atoms with E-state index in [1.165, 1.54) is 12.2 Å². The van der Waals surface area contributed by atoms with E-state index < -0.39 is 0 Å². The Hall–Kier alpha value is -1.06. The van der Waals surface area contributed by atoms with Crippen molar-refractivity contribution in [2.24, 2.45) is 17.0 Å². The van der Waals surface area contributed by atoms with Crippen molar-refractivity contribution < 1.29 is 39.8 Å². The van der Waals surface area contributed by atoms with E-state index >= 15 is 0 Å². The first kappa shape index (κ1) is 27.2. The van der Waals surface area contributed by atoms with Gasteiger partial charge in [-0.2, -0.15) is 11.8 Å². The minimum atomic E-state index is -0.231. The predicted octanol–water partition coefficient (Wildman–Crippen LogP) is 3.33. The number of carbonyl (C=O) groups excluding carboxylic acids is 1. The molecule has 32 heavy (non-hydrogen) atoms. The second-order valence-corrected chi connectivity index (χ2v) is 9.94. The van der Waals surface area contributed by atoms with Crippen molar-refractivity contribution in [2.75, 3.05) is 18.1 Å². The molecule has 1 N–H and O–H groups in total. The zero-order valence-corrected chi connectivity index (χ0v) is 20.9. The van der Waals surface area contributed by atoms with E-state index in [-0.39, 0.29) is 50.5 Å². The number of aliphatic hydroxyl groups is 1. The Morgan fingerprint density at radius 1 is 1.31 bits per heavy atom. The third kappa shape index (κ3) is 7.76. The Morgan fingerprint density at radius 2 is 2.06 bits per heavy atom. The molecule has 0 bridgehead atoms. The molecule has 172 valence electrons. The number of benzene rings is 1. The van der Waals surface area contributed by atoms with Crippen LogP contribution in [0.1, 0.15) is 53.8 Å². The summed E-state index contributed by atoms with van der Waals surface area (Å²) in [5.41, 5.74) is 0.910. The third-order valence-corrected chi connectivity index (χ3v) is 7.24. The van der Waals surface area contributed by atoms with Gasteiger partial charge in [0, 0.05) is 17.9 Å². The maximum atomic E-state index is 12.9. The number of nitrogens with zero attached hydrogens (tertiary/aromatic N) is 1. The van der Waals surface area contributed by atoms with Gasteiger partial charge in [0.2, 0.25) is 0 Å². The van der Waals surface area contributed by atoms with Crippen LogP contribution < -0.4 is 23.6 Å². The zero-order chi connectivity index (χ0) is 22.2. The summed E-state index contributed by atoms with van der Waals surface area (Å²) in [7, 11) is 0. The molecule has 3 rings (SSSR count). The van der Waals surface area contributed by atoms with Crippen molar-refractivity contribution in [3.8, 4) is 5.75 Å². The van der Waals surface area contributed by atoms with Gasteiger partial charge in [-0.25, -0.2) is 0 Å². The summed E-state index contributed by atoms with van der Waals surface area (Å²) < 4.78 is 5.80. The molecule has 1 aliphatic heterocycles. The molecular formula is C24H33ClLiNO4S. The zero-order valence-electron chi connectivity index (χ0n) is 20.3. The molecule has 1 heterocycles. The topological polar surface area (TPSA) is 68.1 Å². The van der Waals surface area contributed by atoms with Crippen LogP contribution in [0.3, 0.4) is 0 Å². The number of ketones is 1. The normalized spacial score (nSPS) is 22.8. The largest absolute Gasteiger partial charge is 1.00 e. The molecular weight excluding hydrogens is 441 g/mol. The summed E-state index contributed by atoms with van der Waals surface area (Å²) >= 11 is 7.85. The van der Waals surface area contributed by atoms with Gasteiger partial charge in [0.05, 0.1) is 11.3 Å². The van der Waals surface area contributed by atoms with E-state index in [9.17, 15) is 9.90 Å². The molecule has 8 heteroatoms. The van der Waals surface area contributed by atoms with Crippen LogP contribution in [-0.2, 0) is 9.63 Å². The minimum absolute atomic E-state index is 0. The fourth-order valence-corrected chi connectivity index (χ4v) is 5.58. The smallest absolute Gasteiger partial charge is 1.00 e. The van der Waals surface area contributed by atoms with Gasteiger partial charge in [0.25, 0.3) is 0 Å². The molecule has 3 unspecified atom stereocenters. The van der Waals surface area contributed by atoms with E-state index in [1.54, 1.807) is 24.3 Å². The van der Waals surface area contributed by atoms with Crippen LogP contribution >= 0.6 is 23.4 Å². The van der Waals surface area contributed by atoms with Crippen LogP contribution in [0.15, 0.2) is 40.8 Å². The molecule has 3 atom stereocenters. The van der Waals surface area contributed by atoms with Gasteiger partial charge >= 0.3 is 18.9 Å². The molecule has 5 nitrogen and oxygen atoms in total. The maximum Gasteiger partial charge on any atom is 1.00 e. The van der Waals surface area contributed by atoms with E-state index in [4.69, 9.17) is 21.2 Å². The van der Waals surface area contributed by atoms with Crippen molar-refractivity contribution in [3.05, 3.63) is 40.6 Å². The quantitative estimate of drug-likeness (QED) is 0.338. The van der Waals surface area contributed by atoms with Crippen LogP contribution in [-0.4, -0.2) is 40.8 Å². The van der Waals surface area contributed by atoms with Gasteiger partial charge in [0.15, 0.2) is 12.4 Å². The summed E-state index contributed by atoms with van der Waals surface area (Å²) in [4.78, 5) is 18.5. The predicted molar refractivity (Wildman–Crippen MR) is 128 cm³/mol. The molecule has 0 saturated carbocycles. The molecule has 0 radical (unpaired) electrons. The average Bonchev–Trinajstić information content (AvgIpc) is 2.75. The SMILES string of the molecule is CCCC(=NOCC(C)Oc1ccc(Cl)cc1)C1=C(O)CC(C2CCCSC2)CC1=O.[H-].[Li+]. The summed E-state index contributed by atoms with van der Waals surface area (Å²) in [6.07, 6.45) is 4.56. The summed E-state index contributed by atoms with van der Waals surface area (Å²) in [5.74, 6) is 3.91. The molecule has 2 aliphatic rings. The Labute approximate surface area is 214 Å². The first-order valence-corrected chi connectivity index (χ1v) is 12.7. The summed E-state index contributed by atoms with van der Waals surface area (Å²) in [6.45, 7) is 4.15. The minimum Gasteiger partial charge on any atom is -1.00 e. The van der Waals surface area contributed by atoms with Crippen molar-refractivity contribution in [1.82, 2.24) is 0 Å². The molecule has 1 aliphatic carbocycles. The summed E-state index contributed by atoms with van der Waals surface area (Å²) in [5, 5.41) is 15.6. The number of rotatable bonds is 9. The fourth-order valence-electron chi connectivity index (χ4n) is 4.17. The van der Waals surface area contributed by atoms with Crippen molar-refractivity contribution in [1.29, 1.82) is 0 Å². The first-order chi connectivity index (χ1) is 15.0. The standard InChI is InChI=1S/C24H32ClNO4S.Li.H/c1-3-5-21(26-29-14-16(2)30-20-9-7-19(25)8-10-20)24-22(27)12-18(13-23(24)28)17-6-4-11-31-15-17;;/h7-10,16-18,27H,3-6,11-15H2,1-2H3;;/q;+1;-1. The third-order valence-electron chi connectivity index (χ3n) is 5.74. The van der Waals surface area contributed by atoms with E-state index in [2.05, 4.69) is 5.16 Å². The van der Waals surface area contributed by atoms with Gasteiger partial charge in [-0.1, -0.05) is 30.1 Å². The molecule has 0 amide bonds. The number of halogens is 1. The molecule has 0 spiro atoms. The van der Waals surface area contributed by atoms with Crippen LogP contribution in [0, 0.1) is 11.8 Å². The Balaban J connectivity index is 0.00000272. The molecule has 1 aromatic rings. The van der Waals surface area contributed by atoms with Crippen LogP contribution in [0.5, 0.6) is 5.75 Å². The monoisotopic (exact) mass is 473 g/mol. The van der Waals surface area contributed by atoms with Gasteiger partial charge in [-0.15, -0.1) is 0 Å². The Kier molecular flexibility index (Phi) is 11.6. The summed E-state index contributed by atoms with van der Waals surface area (Å²) in [6, 6.07) is 7.14. The van der Waals surface area contributed by atoms with Crippen molar-refractivity contribution >= 4 is 34.9 Å². The first-order valence-electron chi connectivity index (χ1n) is 11.1. The van der Waals surface area contributed by atoms with Gasteiger partial charge in [-0.05, 0) is 73.8 Å². The number of hydrogen-bond acceptors (Lipinski definition) is 6. The van der Waals surface area contributed by atoms with Gasteiger partial charge < -0.3 is 16.1 Å². The number of ether oxygens (including phenoxy) is 1. The Morgan fingerprint density at radius 3 is 2.69 bits per heavy atom. The van der Waals surface area contributed by atoms with Gasteiger partial charge in [-0.3, -0.25) is 4.79 Å².